The molecule has 0 bridgehead atoms. The molecule has 0 saturated carbocycles. The number of likely N-dealkylation sites (tertiary alicyclic amines) is 1. The number of benzene rings is 1. The fourth-order valence-electron chi connectivity index (χ4n) is 5.52. The van der Waals surface area contributed by atoms with Crippen LogP contribution in [0.1, 0.15) is 47.1 Å². The smallest absolute Gasteiger partial charge is 0.321 e. The molecule has 1 aromatic carbocycles. The molecule has 2 aliphatic rings. The van der Waals surface area contributed by atoms with Crippen LogP contribution in [0.4, 0.5) is 14.3 Å². The van der Waals surface area contributed by atoms with E-state index in [2.05, 4.69) is 20.5 Å². The van der Waals surface area contributed by atoms with Gasteiger partial charge in [0.25, 0.3) is 0 Å². The zero-order valence-corrected chi connectivity index (χ0v) is 23.7. The SMILES string of the molecule is CC(=O)c1sc(NC(=O)N[C@@H]2CCN(S(C)(=O)=O)C[C@H]2CN2CCCC(Cc3ccc(F)cc3)C2)nc1C. The molecule has 2 fully saturated rings. The van der Waals surface area contributed by atoms with Crippen molar-refractivity contribution in [1.82, 2.24) is 19.5 Å². The highest BCUT2D eigenvalue weighted by Gasteiger charge is 2.36. The van der Waals surface area contributed by atoms with Crippen molar-refractivity contribution < 1.29 is 22.4 Å². The van der Waals surface area contributed by atoms with Gasteiger partial charge in [-0.1, -0.05) is 23.5 Å². The second kappa shape index (κ2) is 12.2. The molecule has 1 unspecified atom stereocenters. The first-order chi connectivity index (χ1) is 18.0. The summed E-state index contributed by atoms with van der Waals surface area (Å²) in [6.07, 6.45) is 4.73. The number of piperidine rings is 2. The Morgan fingerprint density at radius 2 is 1.89 bits per heavy atom. The fourth-order valence-corrected chi connectivity index (χ4v) is 7.28. The molecule has 9 nitrogen and oxygen atoms in total. The van der Waals surface area contributed by atoms with Gasteiger partial charge >= 0.3 is 6.03 Å². The Morgan fingerprint density at radius 1 is 1.16 bits per heavy atom. The van der Waals surface area contributed by atoms with Crippen molar-refractivity contribution in [2.75, 3.05) is 44.3 Å². The largest absolute Gasteiger partial charge is 0.335 e. The van der Waals surface area contributed by atoms with Gasteiger partial charge in [0.05, 0.1) is 16.8 Å². The van der Waals surface area contributed by atoms with Gasteiger partial charge in [0.15, 0.2) is 10.9 Å². The quantitative estimate of drug-likeness (QED) is 0.474. The summed E-state index contributed by atoms with van der Waals surface area (Å²) >= 11 is 1.14. The molecule has 0 radical (unpaired) electrons. The molecule has 2 aromatic rings. The standard InChI is InChI=1S/C26H36FN5O4S2/c1-17-24(18(2)33)37-26(28-17)30-25(34)29-23-10-12-32(38(3,35)36)16-21(23)15-31-11-4-5-20(14-31)13-19-6-8-22(27)9-7-19/h6-9,20-21,23H,4-5,10-16H2,1-3H3,(H2,28,29,30,34)/t20?,21-,23-/m1/s1. The van der Waals surface area contributed by atoms with Gasteiger partial charge in [0, 0.05) is 45.1 Å². The predicted octanol–water partition coefficient (Wildman–Crippen LogP) is 3.52. The number of halogens is 1. The van der Waals surface area contributed by atoms with Gasteiger partial charge in [-0.3, -0.25) is 10.1 Å². The summed E-state index contributed by atoms with van der Waals surface area (Å²) in [7, 11) is -3.35. The molecule has 2 amide bonds. The minimum absolute atomic E-state index is 0.0837. The summed E-state index contributed by atoms with van der Waals surface area (Å²) in [5, 5.41) is 6.14. The minimum atomic E-state index is -3.35. The average molecular weight is 566 g/mol. The number of hydrogen-bond acceptors (Lipinski definition) is 7. The van der Waals surface area contributed by atoms with Gasteiger partial charge in [0.1, 0.15) is 5.82 Å². The number of aryl methyl sites for hydroxylation is 1. The molecular formula is C26H36FN5O4S2. The molecule has 12 heteroatoms. The number of carbonyl (C=O) groups excluding carboxylic acids is 2. The Labute approximate surface area is 227 Å². The Balaban J connectivity index is 1.40. The summed E-state index contributed by atoms with van der Waals surface area (Å²) < 4.78 is 39.4. The number of thiazole rings is 1. The predicted molar refractivity (Wildman–Crippen MR) is 147 cm³/mol. The van der Waals surface area contributed by atoms with Gasteiger partial charge in [-0.25, -0.2) is 26.9 Å². The number of sulfonamides is 1. The zero-order chi connectivity index (χ0) is 27.4. The summed E-state index contributed by atoms with van der Waals surface area (Å²) in [4.78, 5) is 31.7. The molecule has 2 N–H and O–H groups in total. The number of ketones is 1. The number of carbonyl (C=O) groups is 2. The molecule has 0 spiro atoms. The van der Waals surface area contributed by atoms with E-state index < -0.39 is 16.1 Å². The van der Waals surface area contributed by atoms with Gasteiger partial charge in [0.2, 0.25) is 10.0 Å². The third kappa shape index (κ3) is 7.58. The van der Waals surface area contributed by atoms with Crippen LogP contribution in [-0.2, 0) is 16.4 Å². The normalized spacial score (nSPS) is 23.2. The molecular weight excluding hydrogens is 529 g/mol. The van der Waals surface area contributed by atoms with Gasteiger partial charge < -0.3 is 10.2 Å². The van der Waals surface area contributed by atoms with Crippen LogP contribution in [0.15, 0.2) is 24.3 Å². The van der Waals surface area contributed by atoms with E-state index in [1.54, 1.807) is 6.92 Å². The van der Waals surface area contributed by atoms with E-state index in [1.807, 2.05) is 12.1 Å². The first-order valence-corrected chi connectivity index (χ1v) is 15.6. The van der Waals surface area contributed by atoms with E-state index in [0.717, 1.165) is 49.3 Å². The van der Waals surface area contributed by atoms with Crippen LogP contribution in [0.25, 0.3) is 0 Å². The van der Waals surface area contributed by atoms with Crippen molar-refractivity contribution in [3.8, 4) is 0 Å². The van der Waals surface area contributed by atoms with Crippen LogP contribution in [0.3, 0.4) is 0 Å². The maximum absolute atomic E-state index is 13.3. The van der Waals surface area contributed by atoms with Crippen molar-refractivity contribution in [2.24, 2.45) is 11.8 Å². The topological polar surface area (TPSA) is 112 Å². The molecule has 1 aromatic heterocycles. The van der Waals surface area contributed by atoms with Crippen LogP contribution < -0.4 is 10.6 Å². The number of aromatic nitrogens is 1. The number of amides is 2. The van der Waals surface area contributed by atoms with E-state index in [4.69, 9.17) is 0 Å². The lowest BCUT2D eigenvalue weighted by molar-refractivity contribution is 0.102. The minimum Gasteiger partial charge on any atom is -0.335 e. The third-order valence-electron chi connectivity index (χ3n) is 7.35. The second-order valence-electron chi connectivity index (χ2n) is 10.5. The van der Waals surface area contributed by atoms with E-state index in [0.29, 0.717) is 47.7 Å². The molecule has 208 valence electrons. The first kappa shape index (κ1) is 28.6. The molecule has 2 saturated heterocycles. The maximum atomic E-state index is 13.3. The van der Waals surface area contributed by atoms with Crippen molar-refractivity contribution in [3.63, 3.8) is 0 Å². The maximum Gasteiger partial charge on any atom is 0.321 e. The Kier molecular flexibility index (Phi) is 9.17. The number of nitrogens with one attached hydrogen (secondary N) is 2. The van der Waals surface area contributed by atoms with Crippen LogP contribution in [0.5, 0.6) is 0 Å². The van der Waals surface area contributed by atoms with Crippen molar-refractivity contribution in [2.45, 2.75) is 45.6 Å². The Hall–Kier alpha value is -2.41. The van der Waals surface area contributed by atoms with E-state index in [9.17, 15) is 22.4 Å². The lowest BCUT2D eigenvalue weighted by Crippen LogP contribution is -2.56. The molecule has 38 heavy (non-hydrogen) atoms. The van der Waals surface area contributed by atoms with E-state index >= 15 is 0 Å². The lowest BCUT2D eigenvalue weighted by Gasteiger charge is -2.42. The average Bonchev–Trinajstić information content (AvgIpc) is 3.21. The van der Waals surface area contributed by atoms with E-state index in [-0.39, 0.29) is 23.6 Å². The van der Waals surface area contributed by atoms with Crippen molar-refractivity contribution >= 4 is 38.3 Å². The molecule has 3 atom stereocenters. The first-order valence-electron chi connectivity index (χ1n) is 13.0. The zero-order valence-electron chi connectivity index (χ0n) is 22.1. The van der Waals surface area contributed by atoms with Crippen LogP contribution in [-0.4, -0.2) is 79.4 Å². The number of Topliss-reactive ketones (excluding diaryl/α,β-unsaturated/α-hetero) is 1. The monoisotopic (exact) mass is 565 g/mol. The van der Waals surface area contributed by atoms with Crippen LogP contribution in [0.2, 0.25) is 0 Å². The highest BCUT2D eigenvalue weighted by atomic mass is 32.2. The number of urea groups is 1. The Bertz CT molecular complexity index is 1250. The number of anilines is 1. The summed E-state index contributed by atoms with van der Waals surface area (Å²) in [5.41, 5.74) is 1.69. The molecule has 2 aliphatic heterocycles. The molecule has 3 heterocycles. The van der Waals surface area contributed by atoms with Crippen molar-refractivity contribution in [3.05, 3.63) is 46.2 Å². The van der Waals surface area contributed by atoms with Crippen LogP contribution in [0, 0.1) is 24.6 Å². The molecule has 0 aliphatic carbocycles. The fraction of sp³-hybridized carbons (Fsp3) is 0.577. The molecule has 4 rings (SSSR count). The Morgan fingerprint density at radius 3 is 2.55 bits per heavy atom. The summed E-state index contributed by atoms with van der Waals surface area (Å²) in [6.45, 7) is 6.34. The van der Waals surface area contributed by atoms with Crippen molar-refractivity contribution in [1.29, 1.82) is 0 Å². The van der Waals surface area contributed by atoms with Crippen LogP contribution >= 0.6 is 11.3 Å². The lowest BCUT2D eigenvalue weighted by atomic mass is 9.88. The van der Waals surface area contributed by atoms with Gasteiger partial charge in [-0.15, -0.1) is 0 Å². The second-order valence-corrected chi connectivity index (χ2v) is 13.4. The number of nitrogens with zero attached hydrogens (tertiary/aromatic N) is 3. The third-order valence-corrected chi connectivity index (χ3v) is 9.80. The number of rotatable bonds is 8. The summed E-state index contributed by atoms with van der Waals surface area (Å²) in [5.74, 6) is 0.0151. The highest BCUT2D eigenvalue weighted by molar-refractivity contribution is 7.88. The van der Waals surface area contributed by atoms with Gasteiger partial charge in [-0.05, 0) is 62.8 Å². The number of hydrogen-bond donors (Lipinski definition) is 2. The summed E-state index contributed by atoms with van der Waals surface area (Å²) in [6, 6.07) is 6.03. The van der Waals surface area contributed by atoms with Gasteiger partial charge in [-0.2, -0.15) is 0 Å². The van der Waals surface area contributed by atoms with E-state index in [1.165, 1.54) is 29.6 Å². The highest BCUT2D eigenvalue weighted by Crippen LogP contribution is 2.27.